The molecule has 1 aromatic heterocycles. The van der Waals surface area contributed by atoms with Crippen molar-refractivity contribution in [2.75, 3.05) is 13.1 Å². The number of carbonyl (C=O) groups excluding carboxylic acids is 2. The van der Waals surface area contributed by atoms with Gasteiger partial charge < -0.3 is 31.2 Å². The third-order valence-electron chi connectivity index (χ3n) is 5.34. The average molecular weight is 506 g/mol. The predicted molar refractivity (Wildman–Crippen MR) is 130 cm³/mol. The number of alkyl halides is 2. The van der Waals surface area contributed by atoms with Crippen LogP contribution < -0.4 is 21.5 Å². The van der Waals surface area contributed by atoms with Gasteiger partial charge in [-0.25, -0.2) is 13.6 Å². The molecule has 1 aliphatic carbocycles. The zero-order valence-corrected chi connectivity index (χ0v) is 20.9. The van der Waals surface area contributed by atoms with Gasteiger partial charge in [0, 0.05) is 42.9 Å². The lowest BCUT2D eigenvalue weighted by atomic mass is 9.91. The van der Waals surface area contributed by atoms with Crippen molar-refractivity contribution in [1.29, 1.82) is 0 Å². The number of pyridine rings is 1. The van der Waals surface area contributed by atoms with Gasteiger partial charge in [-0.15, -0.1) is 0 Å². The van der Waals surface area contributed by atoms with Gasteiger partial charge in [-0.1, -0.05) is 6.08 Å². The van der Waals surface area contributed by atoms with E-state index in [1.807, 2.05) is 6.08 Å². The normalized spacial score (nSPS) is 18.4. The van der Waals surface area contributed by atoms with Crippen LogP contribution in [0.5, 0.6) is 5.75 Å². The van der Waals surface area contributed by atoms with Crippen LogP contribution in [0.3, 0.4) is 0 Å². The fourth-order valence-corrected chi connectivity index (χ4v) is 3.67. The number of nitrogens with one attached hydrogen (secondary N) is 1. The summed E-state index contributed by atoms with van der Waals surface area (Å²) in [6.07, 6.45) is 3.13. The highest BCUT2D eigenvalue weighted by Gasteiger charge is 2.47. The minimum Gasteiger partial charge on any atom is -0.490 e. The van der Waals surface area contributed by atoms with E-state index in [2.05, 4.69) is 10.3 Å². The maximum atomic E-state index is 13.0. The lowest BCUT2D eigenvalue weighted by Gasteiger charge is -2.34. The van der Waals surface area contributed by atoms with Crippen LogP contribution >= 0.6 is 0 Å². The van der Waals surface area contributed by atoms with E-state index < -0.39 is 29.6 Å². The molecule has 1 fully saturated rings. The molecule has 5 N–H and O–H groups in total. The molecule has 0 bridgehead atoms. The average Bonchev–Trinajstić information content (AvgIpc) is 3.19. The van der Waals surface area contributed by atoms with Crippen molar-refractivity contribution in [2.24, 2.45) is 11.5 Å². The number of allylic oxidation sites excluding steroid dienone is 2. The van der Waals surface area contributed by atoms with Crippen molar-refractivity contribution < 1.29 is 27.8 Å². The lowest BCUT2D eigenvalue weighted by Crippen LogP contribution is -2.43. The van der Waals surface area contributed by atoms with Gasteiger partial charge >= 0.3 is 6.09 Å². The van der Waals surface area contributed by atoms with Gasteiger partial charge in [0.15, 0.2) is 0 Å². The molecule has 2 amide bonds. The number of ether oxygens (including phenoxy) is 2. The summed E-state index contributed by atoms with van der Waals surface area (Å²) in [4.78, 5) is 30.4. The standard InChI is InChI=1S/C25H33F2N5O4/c1-15-9-18(35-19-12-25(26,27)13-19)10-17(30-15)11-22(33)31-21(29)6-5-20(28)16-7-8-32(14-16)23(34)36-24(2,3)4/h5-7,9-10,19H,8,11-14,28-29H2,1-4H3,(H,31,33)/b20-5-,21-6+. The Labute approximate surface area is 209 Å². The van der Waals surface area contributed by atoms with E-state index in [1.54, 1.807) is 45.9 Å². The first-order valence-electron chi connectivity index (χ1n) is 11.6. The first-order valence-corrected chi connectivity index (χ1v) is 11.6. The Kier molecular flexibility index (Phi) is 7.90. The van der Waals surface area contributed by atoms with Crippen LogP contribution in [0.2, 0.25) is 0 Å². The topological polar surface area (TPSA) is 133 Å². The van der Waals surface area contributed by atoms with Gasteiger partial charge in [0.2, 0.25) is 5.91 Å². The number of aryl methyl sites for hydroxylation is 1. The molecule has 0 atom stereocenters. The lowest BCUT2D eigenvalue weighted by molar-refractivity contribution is -0.134. The number of rotatable bonds is 7. The number of amides is 2. The second-order valence-corrected chi connectivity index (χ2v) is 10.00. The highest BCUT2D eigenvalue weighted by atomic mass is 19.3. The van der Waals surface area contributed by atoms with Gasteiger partial charge in [0.1, 0.15) is 23.3 Å². The summed E-state index contributed by atoms with van der Waals surface area (Å²) in [5.74, 6) is -2.61. The summed E-state index contributed by atoms with van der Waals surface area (Å²) < 4.78 is 37.0. The number of aromatic nitrogens is 1. The Morgan fingerprint density at radius 2 is 1.94 bits per heavy atom. The Hall–Kier alpha value is -3.63. The van der Waals surface area contributed by atoms with Crippen LogP contribution in [-0.2, 0) is 16.0 Å². The molecule has 1 aromatic rings. The smallest absolute Gasteiger partial charge is 0.410 e. The number of nitrogens with two attached hydrogens (primary N) is 2. The molecule has 0 aromatic carbocycles. The number of nitrogens with zero attached hydrogens (tertiary/aromatic N) is 2. The Morgan fingerprint density at radius 3 is 2.58 bits per heavy atom. The zero-order valence-electron chi connectivity index (χ0n) is 20.9. The van der Waals surface area contributed by atoms with E-state index in [0.717, 1.165) is 5.57 Å². The van der Waals surface area contributed by atoms with Gasteiger partial charge in [0.05, 0.1) is 18.7 Å². The maximum absolute atomic E-state index is 13.0. The molecule has 0 radical (unpaired) electrons. The monoisotopic (exact) mass is 505 g/mol. The van der Waals surface area contributed by atoms with Crippen molar-refractivity contribution in [3.8, 4) is 5.75 Å². The van der Waals surface area contributed by atoms with Crippen molar-refractivity contribution in [2.45, 2.75) is 64.6 Å². The summed E-state index contributed by atoms with van der Waals surface area (Å²) in [7, 11) is 0. The van der Waals surface area contributed by atoms with E-state index in [0.29, 0.717) is 35.9 Å². The van der Waals surface area contributed by atoms with Gasteiger partial charge in [-0.3, -0.25) is 9.78 Å². The SMILES string of the molecule is Cc1cc(OC2CC(F)(F)C2)cc(CC(=O)N/C(N)=C/C=C(\N)C2=CCN(C(=O)OC(C)(C)C)C2)n1. The predicted octanol–water partition coefficient (Wildman–Crippen LogP) is 3.05. The summed E-state index contributed by atoms with van der Waals surface area (Å²) in [6.45, 7) is 7.81. The molecule has 0 unspecified atom stereocenters. The summed E-state index contributed by atoms with van der Waals surface area (Å²) in [6, 6.07) is 3.20. The summed E-state index contributed by atoms with van der Waals surface area (Å²) in [5.41, 5.74) is 13.6. The Morgan fingerprint density at radius 1 is 1.25 bits per heavy atom. The molecule has 9 nitrogen and oxygen atoms in total. The highest BCUT2D eigenvalue weighted by Crippen LogP contribution is 2.39. The Bertz CT molecular complexity index is 1100. The van der Waals surface area contributed by atoms with Crippen LogP contribution in [0.15, 0.2) is 47.5 Å². The molecular formula is C25H33F2N5O4. The van der Waals surface area contributed by atoms with E-state index in [9.17, 15) is 18.4 Å². The van der Waals surface area contributed by atoms with Crippen molar-refractivity contribution in [3.63, 3.8) is 0 Å². The van der Waals surface area contributed by atoms with E-state index in [1.165, 1.54) is 11.0 Å². The first-order chi connectivity index (χ1) is 16.7. The molecule has 1 saturated carbocycles. The molecule has 11 heteroatoms. The molecule has 0 saturated heterocycles. The zero-order chi connectivity index (χ0) is 26.7. The third-order valence-corrected chi connectivity index (χ3v) is 5.34. The molecule has 0 spiro atoms. The van der Waals surface area contributed by atoms with E-state index in [4.69, 9.17) is 20.9 Å². The second-order valence-electron chi connectivity index (χ2n) is 10.00. The van der Waals surface area contributed by atoms with Crippen LogP contribution in [-0.4, -0.2) is 52.6 Å². The van der Waals surface area contributed by atoms with Crippen LogP contribution in [0.25, 0.3) is 0 Å². The van der Waals surface area contributed by atoms with Crippen LogP contribution in [0.4, 0.5) is 13.6 Å². The number of halogens is 2. The van der Waals surface area contributed by atoms with E-state index in [-0.39, 0.29) is 25.1 Å². The summed E-state index contributed by atoms with van der Waals surface area (Å²) >= 11 is 0. The number of hydrogen-bond donors (Lipinski definition) is 3. The van der Waals surface area contributed by atoms with Gasteiger partial charge in [0.25, 0.3) is 5.92 Å². The first kappa shape index (κ1) is 27.0. The van der Waals surface area contributed by atoms with Crippen molar-refractivity contribution in [3.05, 3.63) is 58.8 Å². The van der Waals surface area contributed by atoms with Crippen molar-refractivity contribution >= 4 is 12.0 Å². The van der Waals surface area contributed by atoms with Gasteiger partial charge in [-0.05, 0) is 45.4 Å². The molecule has 1 aliphatic heterocycles. The molecule has 2 aliphatic rings. The second kappa shape index (κ2) is 10.5. The minimum absolute atomic E-state index is 0.0753. The van der Waals surface area contributed by atoms with Crippen molar-refractivity contribution in [1.82, 2.24) is 15.2 Å². The third kappa shape index (κ3) is 7.96. The molecular weight excluding hydrogens is 472 g/mol. The molecule has 3 rings (SSSR count). The number of carbonyl (C=O) groups is 2. The van der Waals surface area contributed by atoms with Crippen LogP contribution in [0, 0.1) is 6.92 Å². The maximum Gasteiger partial charge on any atom is 0.410 e. The van der Waals surface area contributed by atoms with E-state index >= 15 is 0 Å². The Balaban J connectivity index is 1.51. The quantitative estimate of drug-likeness (QED) is 0.485. The number of hydrogen-bond acceptors (Lipinski definition) is 7. The molecule has 36 heavy (non-hydrogen) atoms. The largest absolute Gasteiger partial charge is 0.490 e. The highest BCUT2D eigenvalue weighted by molar-refractivity contribution is 5.79. The molecule has 2 heterocycles. The molecule has 196 valence electrons. The van der Waals surface area contributed by atoms with Crippen LogP contribution in [0.1, 0.15) is 45.0 Å². The minimum atomic E-state index is -2.68. The fraction of sp³-hybridized carbons (Fsp3) is 0.480. The fourth-order valence-electron chi connectivity index (χ4n) is 3.67. The summed E-state index contributed by atoms with van der Waals surface area (Å²) in [5, 5.41) is 2.56. The van der Waals surface area contributed by atoms with Gasteiger partial charge in [-0.2, -0.15) is 0 Å².